The quantitative estimate of drug-likeness (QED) is 0.200. The normalized spacial score (nSPS) is 14.9. The molecule has 6 aromatic rings. The van der Waals surface area contributed by atoms with Crippen LogP contribution in [0, 0.1) is 11.3 Å². The summed E-state index contributed by atoms with van der Waals surface area (Å²) < 4.78 is 15.3. The minimum absolute atomic E-state index is 0.0591. The Hall–Kier alpha value is -6.34. The molecule has 6 aromatic heterocycles. The number of nitrogens with one attached hydrogen (secondary N) is 1. The van der Waals surface area contributed by atoms with Gasteiger partial charge < -0.3 is 38.6 Å². The maximum atomic E-state index is 11.9. The van der Waals surface area contributed by atoms with E-state index in [0.717, 1.165) is 107 Å². The number of anilines is 4. The van der Waals surface area contributed by atoms with Gasteiger partial charge >= 0.3 is 0 Å². The number of methoxy groups -OCH3 is 2. The summed E-state index contributed by atoms with van der Waals surface area (Å²) in [5.41, 5.74) is 7.56. The number of carbonyl (C=O) groups is 1. The van der Waals surface area contributed by atoms with E-state index >= 15 is 0 Å². The highest BCUT2D eigenvalue weighted by atomic mass is 16.5. The van der Waals surface area contributed by atoms with Crippen molar-refractivity contribution in [1.82, 2.24) is 49.3 Å². The van der Waals surface area contributed by atoms with Crippen molar-refractivity contribution >= 4 is 51.0 Å². The molecule has 296 valence electrons. The van der Waals surface area contributed by atoms with Crippen LogP contribution >= 0.6 is 0 Å². The number of ether oxygens (including phenoxy) is 2. The lowest BCUT2D eigenvalue weighted by Gasteiger charge is -2.31. The van der Waals surface area contributed by atoms with E-state index in [9.17, 15) is 4.79 Å². The fourth-order valence-corrected chi connectivity index (χ4v) is 7.54. The Kier molecular flexibility index (Phi) is 11.7. The lowest BCUT2D eigenvalue weighted by atomic mass is 9.92. The van der Waals surface area contributed by atoms with Gasteiger partial charge in [-0.05, 0) is 38.8 Å². The van der Waals surface area contributed by atoms with Crippen molar-refractivity contribution in [3.05, 3.63) is 73.1 Å². The summed E-state index contributed by atoms with van der Waals surface area (Å²) in [5, 5.41) is 12.1. The van der Waals surface area contributed by atoms with Crippen LogP contribution in [0.5, 0.6) is 11.5 Å². The molecule has 0 spiro atoms. The number of likely N-dealkylation sites (tertiary alicyclic amines) is 1. The first-order valence-corrected chi connectivity index (χ1v) is 19.1. The van der Waals surface area contributed by atoms with Gasteiger partial charge in [-0.2, -0.15) is 5.26 Å². The fraction of sp³-hybridized carbons (Fsp3) is 0.415. The molecule has 8 rings (SSSR count). The van der Waals surface area contributed by atoms with Gasteiger partial charge in [0.1, 0.15) is 52.0 Å². The number of hydrogen-bond donors (Lipinski definition) is 1. The standard InChI is InChI=1S/C22H25N7O2.C19H24N6O/c1-27-14-26-17-12-25-21(11-18(17)27)28(2)19-13-24-16(10-20(19)31-3)15-5-8-29(9-6-15)22(30)4-7-23;1-24-12-23-15-10-22-19(9-16(15)24)25(2)17-11-21-14(8-18(17)26-3)13-4-6-20-7-5-13/h10-15H,4-6,8-9H2,1-3H3;8-13,20H,4-7H2,1-3H3. The van der Waals surface area contributed by atoms with Crippen molar-refractivity contribution in [2.75, 3.05) is 64.3 Å². The number of nitrogens with zero attached hydrogens (tertiary/aromatic N) is 12. The molecule has 16 heteroatoms. The van der Waals surface area contributed by atoms with Crippen LogP contribution in [0.15, 0.2) is 61.7 Å². The number of carbonyl (C=O) groups excluding carboxylic acids is 1. The third-order valence-corrected chi connectivity index (χ3v) is 11.0. The minimum Gasteiger partial charge on any atom is -0.494 e. The first-order valence-electron chi connectivity index (χ1n) is 19.1. The van der Waals surface area contributed by atoms with Crippen LogP contribution < -0.4 is 24.6 Å². The van der Waals surface area contributed by atoms with Crippen molar-refractivity contribution in [3.8, 4) is 17.6 Å². The van der Waals surface area contributed by atoms with Gasteiger partial charge in [0, 0.05) is 88.8 Å². The Bertz CT molecular complexity index is 2390. The van der Waals surface area contributed by atoms with Crippen LogP contribution in [0.4, 0.5) is 23.0 Å². The maximum absolute atomic E-state index is 11.9. The van der Waals surface area contributed by atoms with Gasteiger partial charge in [-0.15, -0.1) is 0 Å². The van der Waals surface area contributed by atoms with Crippen LogP contribution in [0.2, 0.25) is 0 Å². The molecule has 2 saturated heterocycles. The molecule has 0 aromatic carbocycles. The smallest absolute Gasteiger partial charge is 0.236 e. The summed E-state index contributed by atoms with van der Waals surface area (Å²) >= 11 is 0. The van der Waals surface area contributed by atoms with E-state index in [1.807, 2.05) is 83.8 Å². The SMILES string of the molecule is COc1cc(C2CCN(C(=O)CC#N)CC2)ncc1N(C)c1cc2c(cn1)ncn2C.COc1cc(C2CCNCC2)ncc1N(C)c1cc2c(cn1)ncn2C. The molecule has 57 heavy (non-hydrogen) atoms. The molecule has 0 atom stereocenters. The molecule has 8 heterocycles. The van der Waals surface area contributed by atoms with E-state index < -0.39 is 0 Å². The molecule has 0 bridgehead atoms. The Morgan fingerprint density at radius 3 is 1.67 bits per heavy atom. The monoisotopic (exact) mass is 771 g/mol. The van der Waals surface area contributed by atoms with Crippen molar-refractivity contribution in [2.24, 2.45) is 14.1 Å². The fourth-order valence-electron chi connectivity index (χ4n) is 7.54. The van der Waals surface area contributed by atoms with E-state index in [4.69, 9.17) is 24.7 Å². The van der Waals surface area contributed by atoms with E-state index in [1.165, 1.54) is 0 Å². The average molecular weight is 772 g/mol. The number of pyridine rings is 4. The zero-order valence-electron chi connectivity index (χ0n) is 33.4. The van der Waals surface area contributed by atoms with Crippen molar-refractivity contribution in [1.29, 1.82) is 5.26 Å². The van der Waals surface area contributed by atoms with Gasteiger partial charge in [0.05, 0.1) is 68.8 Å². The lowest BCUT2D eigenvalue weighted by Crippen LogP contribution is -2.37. The molecule has 2 fully saturated rings. The molecular formula is C41H49N13O3. The first-order chi connectivity index (χ1) is 27.7. The van der Waals surface area contributed by atoms with Crippen LogP contribution in [0.3, 0.4) is 0 Å². The van der Waals surface area contributed by atoms with E-state index in [1.54, 1.807) is 44.2 Å². The molecule has 16 nitrogen and oxygen atoms in total. The maximum Gasteiger partial charge on any atom is 0.236 e. The van der Waals surface area contributed by atoms with Gasteiger partial charge in [-0.3, -0.25) is 14.8 Å². The molecule has 0 unspecified atom stereocenters. The molecular weight excluding hydrogens is 723 g/mol. The minimum atomic E-state index is -0.0960. The zero-order valence-corrected chi connectivity index (χ0v) is 33.4. The summed E-state index contributed by atoms with van der Waals surface area (Å²) in [6.07, 6.45) is 14.6. The van der Waals surface area contributed by atoms with Crippen molar-refractivity contribution in [2.45, 2.75) is 43.9 Å². The first kappa shape index (κ1) is 38.9. The molecule has 2 aliphatic heterocycles. The number of nitriles is 1. The van der Waals surface area contributed by atoms with Crippen molar-refractivity contribution < 1.29 is 14.3 Å². The van der Waals surface area contributed by atoms with E-state index in [2.05, 4.69) is 31.3 Å². The van der Waals surface area contributed by atoms with Gasteiger partial charge in [0.15, 0.2) is 0 Å². The predicted molar refractivity (Wildman–Crippen MR) is 218 cm³/mol. The topological polar surface area (TPSA) is 168 Å². The molecule has 0 radical (unpaired) electrons. The highest BCUT2D eigenvalue weighted by molar-refractivity contribution is 5.81. The highest BCUT2D eigenvalue weighted by Gasteiger charge is 2.26. The zero-order chi connectivity index (χ0) is 40.1. The summed E-state index contributed by atoms with van der Waals surface area (Å²) in [6, 6.07) is 10.0. The molecule has 0 saturated carbocycles. The summed E-state index contributed by atoms with van der Waals surface area (Å²) in [4.78, 5) is 44.8. The Morgan fingerprint density at radius 2 is 1.21 bits per heavy atom. The Balaban J connectivity index is 0.000000177. The second-order valence-corrected chi connectivity index (χ2v) is 14.5. The number of rotatable bonds is 9. The lowest BCUT2D eigenvalue weighted by molar-refractivity contribution is -0.131. The number of hydrogen-bond acceptors (Lipinski definition) is 13. The third kappa shape index (κ3) is 8.29. The second-order valence-electron chi connectivity index (χ2n) is 14.5. The number of aromatic nitrogens is 8. The van der Waals surface area contributed by atoms with Crippen LogP contribution in [0.1, 0.15) is 55.3 Å². The predicted octanol–water partition coefficient (Wildman–Crippen LogP) is 5.37. The molecule has 0 aliphatic carbocycles. The number of aryl methyl sites for hydroxylation is 2. The molecule has 1 amide bonds. The Labute approximate surface area is 332 Å². The number of imidazole rings is 2. The highest BCUT2D eigenvalue weighted by Crippen LogP contribution is 2.37. The summed E-state index contributed by atoms with van der Waals surface area (Å²) in [5.74, 6) is 3.80. The van der Waals surface area contributed by atoms with Gasteiger partial charge in [0.2, 0.25) is 5.91 Å². The van der Waals surface area contributed by atoms with E-state index in [0.29, 0.717) is 19.0 Å². The average Bonchev–Trinajstić information content (AvgIpc) is 3.83. The van der Waals surface area contributed by atoms with Crippen LogP contribution in [-0.4, -0.2) is 104 Å². The van der Waals surface area contributed by atoms with Crippen molar-refractivity contribution in [3.63, 3.8) is 0 Å². The summed E-state index contributed by atoms with van der Waals surface area (Å²) in [6.45, 7) is 3.38. The number of amides is 1. The van der Waals surface area contributed by atoms with Crippen LogP contribution in [-0.2, 0) is 18.9 Å². The largest absolute Gasteiger partial charge is 0.494 e. The number of piperidine rings is 2. The van der Waals surface area contributed by atoms with Gasteiger partial charge in [-0.1, -0.05) is 0 Å². The van der Waals surface area contributed by atoms with Gasteiger partial charge in [0.25, 0.3) is 0 Å². The molecule has 2 aliphatic rings. The third-order valence-electron chi connectivity index (χ3n) is 11.0. The van der Waals surface area contributed by atoms with Gasteiger partial charge in [-0.25, -0.2) is 19.9 Å². The Morgan fingerprint density at radius 1 is 0.737 bits per heavy atom. The summed E-state index contributed by atoms with van der Waals surface area (Å²) in [7, 11) is 11.2. The molecule has 1 N–H and O–H groups in total. The number of fused-ring (bicyclic) bond motifs is 2. The second kappa shape index (κ2) is 17.2. The van der Waals surface area contributed by atoms with Crippen LogP contribution in [0.25, 0.3) is 22.1 Å². The van der Waals surface area contributed by atoms with E-state index in [-0.39, 0.29) is 18.2 Å².